The molecule has 0 fully saturated rings. The standard InChI is InChI=1S/C17H20BrN7O/c18-12-10-23-25-15(13(20)4-3-11-2-1-6-21-9-11)8-14(24-16(12)25)17(26)22-7-5-19/h1-2,6,8-10,13H,3-5,7,19-20H2,(H,22,26). The van der Waals surface area contributed by atoms with Crippen molar-refractivity contribution < 1.29 is 4.79 Å². The van der Waals surface area contributed by atoms with Gasteiger partial charge in [0.05, 0.1) is 16.4 Å². The summed E-state index contributed by atoms with van der Waals surface area (Å²) in [6.45, 7) is 0.746. The second-order valence-electron chi connectivity index (χ2n) is 5.85. The molecule has 0 saturated carbocycles. The van der Waals surface area contributed by atoms with Crippen molar-refractivity contribution in [3.63, 3.8) is 0 Å². The second kappa shape index (κ2) is 8.35. The van der Waals surface area contributed by atoms with Crippen molar-refractivity contribution in [3.05, 3.63) is 58.2 Å². The van der Waals surface area contributed by atoms with Crippen LogP contribution >= 0.6 is 15.9 Å². The molecule has 0 bridgehead atoms. The van der Waals surface area contributed by atoms with Gasteiger partial charge in [0.1, 0.15) is 5.69 Å². The monoisotopic (exact) mass is 417 g/mol. The van der Waals surface area contributed by atoms with Gasteiger partial charge in [0.25, 0.3) is 5.91 Å². The number of aromatic nitrogens is 4. The number of nitrogens with two attached hydrogens (primary N) is 2. The van der Waals surface area contributed by atoms with Crippen LogP contribution in [0.5, 0.6) is 0 Å². The van der Waals surface area contributed by atoms with Crippen LogP contribution in [0.1, 0.15) is 34.2 Å². The number of amides is 1. The number of carbonyl (C=O) groups is 1. The summed E-state index contributed by atoms with van der Waals surface area (Å²) in [5.41, 5.74) is 14.5. The molecule has 0 aromatic carbocycles. The Kier molecular flexibility index (Phi) is 5.92. The van der Waals surface area contributed by atoms with E-state index in [0.717, 1.165) is 17.7 Å². The van der Waals surface area contributed by atoms with Gasteiger partial charge in [-0.25, -0.2) is 9.50 Å². The second-order valence-corrected chi connectivity index (χ2v) is 6.70. The van der Waals surface area contributed by atoms with Gasteiger partial charge >= 0.3 is 0 Å². The maximum atomic E-state index is 12.3. The lowest BCUT2D eigenvalue weighted by molar-refractivity contribution is 0.0949. The van der Waals surface area contributed by atoms with Crippen LogP contribution < -0.4 is 16.8 Å². The molecule has 5 N–H and O–H groups in total. The first-order valence-electron chi connectivity index (χ1n) is 8.27. The Morgan fingerprint density at radius 3 is 2.96 bits per heavy atom. The Morgan fingerprint density at radius 1 is 1.38 bits per heavy atom. The Morgan fingerprint density at radius 2 is 2.23 bits per heavy atom. The van der Waals surface area contributed by atoms with Gasteiger partial charge in [0.15, 0.2) is 5.65 Å². The molecular weight excluding hydrogens is 398 g/mol. The van der Waals surface area contributed by atoms with Crippen molar-refractivity contribution in [2.75, 3.05) is 13.1 Å². The summed E-state index contributed by atoms with van der Waals surface area (Å²) in [5.74, 6) is -0.285. The Bertz CT molecular complexity index is 897. The number of rotatable bonds is 7. The van der Waals surface area contributed by atoms with Crippen LogP contribution in [-0.2, 0) is 6.42 Å². The fourth-order valence-electron chi connectivity index (χ4n) is 2.63. The Hall–Kier alpha value is -2.36. The van der Waals surface area contributed by atoms with Gasteiger partial charge in [0, 0.05) is 31.5 Å². The zero-order valence-electron chi connectivity index (χ0n) is 14.1. The molecule has 136 valence electrons. The summed E-state index contributed by atoms with van der Waals surface area (Å²) in [7, 11) is 0. The minimum atomic E-state index is -0.312. The zero-order valence-corrected chi connectivity index (χ0v) is 15.7. The highest BCUT2D eigenvalue weighted by Gasteiger charge is 2.18. The van der Waals surface area contributed by atoms with Gasteiger partial charge in [-0.1, -0.05) is 6.07 Å². The summed E-state index contributed by atoms with van der Waals surface area (Å²) in [6.07, 6.45) is 6.66. The average Bonchev–Trinajstić information content (AvgIpc) is 3.05. The third kappa shape index (κ3) is 4.06. The molecule has 1 amide bonds. The number of hydrogen-bond donors (Lipinski definition) is 3. The minimum absolute atomic E-state index is 0.285. The van der Waals surface area contributed by atoms with E-state index in [9.17, 15) is 4.79 Å². The highest BCUT2D eigenvalue weighted by Crippen LogP contribution is 2.23. The summed E-state index contributed by atoms with van der Waals surface area (Å²) >= 11 is 3.42. The molecule has 0 spiro atoms. The van der Waals surface area contributed by atoms with Crippen molar-refractivity contribution in [1.29, 1.82) is 0 Å². The van der Waals surface area contributed by atoms with E-state index in [1.165, 1.54) is 0 Å². The number of halogens is 1. The summed E-state index contributed by atoms with van der Waals surface area (Å²) in [4.78, 5) is 20.8. The van der Waals surface area contributed by atoms with Crippen LogP contribution in [0.4, 0.5) is 0 Å². The van der Waals surface area contributed by atoms with Gasteiger partial charge in [-0.15, -0.1) is 0 Å². The van der Waals surface area contributed by atoms with E-state index in [2.05, 4.69) is 36.3 Å². The van der Waals surface area contributed by atoms with Gasteiger partial charge in [-0.05, 0) is 46.5 Å². The molecule has 3 rings (SSSR count). The molecule has 3 heterocycles. The molecule has 1 atom stereocenters. The van der Waals surface area contributed by atoms with Crippen molar-refractivity contribution in [1.82, 2.24) is 24.9 Å². The number of nitrogens with one attached hydrogen (secondary N) is 1. The number of carbonyl (C=O) groups excluding carboxylic acids is 1. The van der Waals surface area contributed by atoms with E-state index in [1.54, 1.807) is 23.0 Å². The van der Waals surface area contributed by atoms with Crippen LogP contribution in [0.3, 0.4) is 0 Å². The molecule has 3 aromatic rings. The molecule has 0 aliphatic heterocycles. The van der Waals surface area contributed by atoms with Crippen molar-refractivity contribution in [2.24, 2.45) is 11.5 Å². The van der Waals surface area contributed by atoms with Gasteiger partial charge in [-0.2, -0.15) is 5.10 Å². The van der Waals surface area contributed by atoms with E-state index >= 15 is 0 Å². The molecule has 0 aliphatic carbocycles. The maximum absolute atomic E-state index is 12.3. The predicted molar refractivity (Wildman–Crippen MR) is 102 cm³/mol. The van der Waals surface area contributed by atoms with Gasteiger partial charge < -0.3 is 16.8 Å². The molecule has 8 nitrogen and oxygen atoms in total. The van der Waals surface area contributed by atoms with E-state index < -0.39 is 0 Å². The highest BCUT2D eigenvalue weighted by molar-refractivity contribution is 9.10. The Labute approximate surface area is 159 Å². The summed E-state index contributed by atoms with van der Waals surface area (Å²) < 4.78 is 2.37. The Balaban J connectivity index is 1.89. The molecular formula is C17H20BrN7O. The van der Waals surface area contributed by atoms with Crippen LogP contribution in [0, 0.1) is 0 Å². The van der Waals surface area contributed by atoms with Crippen LogP contribution in [0.25, 0.3) is 5.65 Å². The fraction of sp³-hybridized carbons (Fsp3) is 0.294. The first-order chi connectivity index (χ1) is 12.6. The molecule has 0 aliphatic rings. The number of nitrogens with zero attached hydrogens (tertiary/aromatic N) is 4. The predicted octanol–water partition coefficient (Wildman–Crippen LogP) is 1.21. The van der Waals surface area contributed by atoms with Crippen molar-refractivity contribution in [2.45, 2.75) is 18.9 Å². The van der Waals surface area contributed by atoms with E-state index in [-0.39, 0.29) is 11.9 Å². The van der Waals surface area contributed by atoms with Gasteiger partial charge in [0.2, 0.25) is 0 Å². The van der Waals surface area contributed by atoms with Crippen LogP contribution in [0.2, 0.25) is 0 Å². The van der Waals surface area contributed by atoms with E-state index in [4.69, 9.17) is 11.5 Å². The van der Waals surface area contributed by atoms with Crippen molar-refractivity contribution in [3.8, 4) is 0 Å². The maximum Gasteiger partial charge on any atom is 0.270 e. The van der Waals surface area contributed by atoms with Crippen LogP contribution in [-0.4, -0.2) is 38.6 Å². The number of fused-ring (bicyclic) bond motifs is 1. The first-order valence-corrected chi connectivity index (χ1v) is 9.06. The normalized spacial score (nSPS) is 12.3. The topological polar surface area (TPSA) is 124 Å². The quantitative estimate of drug-likeness (QED) is 0.530. The third-order valence-electron chi connectivity index (χ3n) is 3.97. The van der Waals surface area contributed by atoms with Crippen molar-refractivity contribution >= 4 is 27.5 Å². The minimum Gasteiger partial charge on any atom is -0.349 e. The molecule has 0 radical (unpaired) electrons. The largest absolute Gasteiger partial charge is 0.349 e. The lowest BCUT2D eigenvalue weighted by Gasteiger charge is -2.15. The average molecular weight is 418 g/mol. The molecule has 0 saturated heterocycles. The lowest BCUT2D eigenvalue weighted by Crippen LogP contribution is -2.30. The molecule has 3 aromatic heterocycles. The third-order valence-corrected chi connectivity index (χ3v) is 4.52. The lowest BCUT2D eigenvalue weighted by atomic mass is 10.0. The first kappa shape index (κ1) is 18.4. The van der Waals surface area contributed by atoms with E-state index in [0.29, 0.717) is 35.3 Å². The molecule has 9 heteroatoms. The van der Waals surface area contributed by atoms with Crippen LogP contribution in [0.15, 0.2) is 41.3 Å². The summed E-state index contributed by atoms with van der Waals surface area (Å²) in [5, 5.41) is 7.05. The zero-order chi connectivity index (χ0) is 18.5. The fourth-order valence-corrected chi connectivity index (χ4v) is 2.98. The molecule has 26 heavy (non-hydrogen) atoms. The smallest absolute Gasteiger partial charge is 0.270 e. The number of pyridine rings is 1. The van der Waals surface area contributed by atoms with E-state index in [1.807, 2.05) is 18.3 Å². The summed E-state index contributed by atoms with van der Waals surface area (Å²) in [6, 6.07) is 5.29. The van der Waals surface area contributed by atoms with Gasteiger partial charge in [-0.3, -0.25) is 9.78 Å². The number of aryl methyl sites for hydroxylation is 1. The number of hydrogen-bond acceptors (Lipinski definition) is 6. The SMILES string of the molecule is NCCNC(=O)c1cc(C(N)CCc2cccnc2)n2ncc(Br)c2n1. The highest BCUT2D eigenvalue weighted by atomic mass is 79.9. The molecule has 1 unspecified atom stereocenters.